The number of benzene rings is 1. The normalized spacial score (nSPS) is 17.6. The number of fused-ring (bicyclic) bond motifs is 1. The summed E-state index contributed by atoms with van der Waals surface area (Å²) in [5.41, 5.74) is 2.73. The fraction of sp³-hybridized carbons (Fsp3) is 0.588. The van der Waals surface area contributed by atoms with Crippen molar-refractivity contribution in [3.63, 3.8) is 0 Å². The lowest BCUT2D eigenvalue weighted by Crippen LogP contribution is -2.31. The SMILES string of the molecule is CCCCSCCC(=O)NC1CCCc2ccccc21. The third-order valence-corrected chi connectivity index (χ3v) is 4.89. The number of carbonyl (C=O) groups is 1. The standard InChI is InChI=1S/C17H25NOS/c1-2-3-12-20-13-11-17(19)18-16-10-6-8-14-7-4-5-9-15(14)16/h4-5,7,9,16H,2-3,6,8,10-13H2,1H3,(H,18,19). The van der Waals surface area contributed by atoms with Crippen molar-refractivity contribution in [2.75, 3.05) is 11.5 Å². The van der Waals surface area contributed by atoms with Crippen LogP contribution in [0.3, 0.4) is 0 Å². The van der Waals surface area contributed by atoms with Crippen LogP contribution < -0.4 is 5.32 Å². The maximum atomic E-state index is 12.0. The van der Waals surface area contributed by atoms with Crippen LogP contribution in [-0.4, -0.2) is 17.4 Å². The van der Waals surface area contributed by atoms with Crippen molar-refractivity contribution in [1.29, 1.82) is 0 Å². The van der Waals surface area contributed by atoms with Gasteiger partial charge in [-0.25, -0.2) is 0 Å². The Labute approximate surface area is 126 Å². The molecule has 1 aliphatic rings. The molecule has 1 unspecified atom stereocenters. The molecular weight excluding hydrogens is 266 g/mol. The maximum Gasteiger partial charge on any atom is 0.221 e. The molecule has 0 heterocycles. The summed E-state index contributed by atoms with van der Waals surface area (Å²) in [6.07, 6.45) is 6.53. The van der Waals surface area contributed by atoms with Gasteiger partial charge < -0.3 is 5.32 Å². The second-order valence-corrected chi connectivity index (χ2v) is 6.65. The van der Waals surface area contributed by atoms with Gasteiger partial charge in [-0.1, -0.05) is 37.6 Å². The van der Waals surface area contributed by atoms with Crippen molar-refractivity contribution >= 4 is 17.7 Å². The molecule has 20 heavy (non-hydrogen) atoms. The quantitative estimate of drug-likeness (QED) is 0.766. The Kier molecular flexibility index (Phi) is 6.44. The van der Waals surface area contributed by atoms with Crippen LogP contribution in [0.25, 0.3) is 0 Å². The van der Waals surface area contributed by atoms with Gasteiger partial charge in [-0.15, -0.1) is 0 Å². The summed E-state index contributed by atoms with van der Waals surface area (Å²) >= 11 is 1.89. The molecule has 2 nitrogen and oxygen atoms in total. The van der Waals surface area contributed by atoms with E-state index in [4.69, 9.17) is 0 Å². The molecule has 1 aromatic rings. The summed E-state index contributed by atoms with van der Waals surface area (Å²) in [7, 11) is 0. The third-order valence-electron chi connectivity index (χ3n) is 3.82. The van der Waals surface area contributed by atoms with Crippen molar-refractivity contribution in [2.24, 2.45) is 0 Å². The van der Waals surface area contributed by atoms with Gasteiger partial charge in [0.05, 0.1) is 6.04 Å². The first-order valence-corrected chi connectivity index (χ1v) is 8.91. The molecule has 0 saturated carbocycles. The van der Waals surface area contributed by atoms with Gasteiger partial charge in [0, 0.05) is 12.2 Å². The molecule has 1 atom stereocenters. The highest BCUT2D eigenvalue weighted by atomic mass is 32.2. The van der Waals surface area contributed by atoms with Gasteiger partial charge in [0.15, 0.2) is 0 Å². The van der Waals surface area contributed by atoms with Crippen LogP contribution in [-0.2, 0) is 11.2 Å². The van der Waals surface area contributed by atoms with Gasteiger partial charge in [0.2, 0.25) is 5.91 Å². The molecule has 0 saturated heterocycles. The topological polar surface area (TPSA) is 29.1 Å². The van der Waals surface area contributed by atoms with E-state index in [9.17, 15) is 4.79 Å². The van der Waals surface area contributed by atoms with Crippen molar-refractivity contribution in [3.05, 3.63) is 35.4 Å². The summed E-state index contributed by atoms with van der Waals surface area (Å²) in [4.78, 5) is 12.0. The molecular formula is C17H25NOS. The highest BCUT2D eigenvalue weighted by molar-refractivity contribution is 7.99. The van der Waals surface area contributed by atoms with Gasteiger partial charge in [0.1, 0.15) is 0 Å². The third kappa shape index (κ3) is 4.55. The van der Waals surface area contributed by atoms with Crippen LogP contribution >= 0.6 is 11.8 Å². The van der Waals surface area contributed by atoms with Gasteiger partial charge in [-0.05, 0) is 42.6 Å². The zero-order valence-corrected chi connectivity index (χ0v) is 13.2. The minimum atomic E-state index is 0.204. The van der Waals surface area contributed by atoms with E-state index in [1.807, 2.05) is 11.8 Å². The second-order valence-electron chi connectivity index (χ2n) is 5.43. The van der Waals surface area contributed by atoms with E-state index in [0.717, 1.165) is 18.6 Å². The first kappa shape index (κ1) is 15.4. The summed E-state index contributed by atoms with van der Waals surface area (Å²) in [5.74, 6) is 2.33. The molecule has 1 amide bonds. The lowest BCUT2D eigenvalue weighted by molar-refractivity contribution is -0.121. The van der Waals surface area contributed by atoms with E-state index in [-0.39, 0.29) is 11.9 Å². The number of unbranched alkanes of at least 4 members (excludes halogenated alkanes) is 1. The van der Waals surface area contributed by atoms with E-state index in [2.05, 4.69) is 36.5 Å². The number of amides is 1. The fourth-order valence-electron chi connectivity index (χ4n) is 2.68. The Balaban J connectivity index is 1.78. The largest absolute Gasteiger partial charge is 0.349 e. The van der Waals surface area contributed by atoms with Crippen molar-refractivity contribution in [1.82, 2.24) is 5.32 Å². The molecule has 0 spiro atoms. The Morgan fingerprint density at radius 2 is 2.20 bits per heavy atom. The molecule has 0 radical (unpaired) electrons. The molecule has 1 aromatic carbocycles. The van der Waals surface area contributed by atoms with Crippen molar-refractivity contribution in [3.8, 4) is 0 Å². The lowest BCUT2D eigenvalue weighted by atomic mass is 9.88. The Hall–Kier alpha value is -0.960. The highest BCUT2D eigenvalue weighted by Gasteiger charge is 2.20. The molecule has 0 aromatic heterocycles. The molecule has 1 N–H and O–H groups in total. The van der Waals surface area contributed by atoms with E-state index >= 15 is 0 Å². The molecule has 0 bridgehead atoms. The maximum absolute atomic E-state index is 12.0. The summed E-state index contributed by atoms with van der Waals surface area (Å²) in [5, 5.41) is 3.21. The Morgan fingerprint density at radius 1 is 1.35 bits per heavy atom. The lowest BCUT2D eigenvalue weighted by Gasteiger charge is -2.26. The van der Waals surface area contributed by atoms with Crippen molar-refractivity contribution < 1.29 is 4.79 Å². The van der Waals surface area contributed by atoms with Crippen LogP contribution in [0.5, 0.6) is 0 Å². The van der Waals surface area contributed by atoms with Gasteiger partial charge in [-0.2, -0.15) is 11.8 Å². The number of thioether (sulfide) groups is 1. The Morgan fingerprint density at radius 3 is 3.05 bits per heavy atom. The summed E-state index contributed by atoms with van der Waals surface area (Å²) in [6.45, 7) is 2.20. The molecule has 0 fully saturated rings. The number of rotatable bonds is 7. The molecule has 3 heteroatoms. The number of carbonyl (C=O) groups excluding carboxylic acids is 1. The summed E-state index contributed by atoms with van der Waals surface area (Å²) in [6, 6.07) is 8.74. The smallest absolute Gasteiger partial charge is 0.221 e. The molecule has 2 rings (SSSR count). The van der Waals surface area contributed by atoms with Crippen LogP contribution in [0.2, 0.25) is 0 Å². The van der Waals surface area contributed by atoms with E-state index in [1.54, 1.807) is 0 Å². The number of hydrogen-bond acceptors (Lipinski definition) is 2. The Bertz CT molecular complexity index is 433. The predicted octanol–water partition coefficient (Wildman–Crippen LogP) is 4.10. The predicted molar refractivity (Wildman–Crippen MR) is 87.1 cm³/mol. The van der Waals surface area contributed by atoms with Crippen LogP contribution in [0.15, 0.2) is 24.3 Å². The van der Waals surface area contributed by atoms with Gasteiger partial charge in [-0.3, -0.25) is 4.79 Å². The molecule has 110 valence electrons. The minimum absolute atomic E-state index is 0.204. The average Bonchev–Trinajstić information content (AvgIpc) is 2.47. The number of hydrogen-bond donors (Lipinski definition) is 1. The minimum Gasteiger partial charge on any atom is -0.349 e. The zero-order chi connectivity index (χ0) is 14.2. The van der Waals surface area contributed by atoms with Crippen LogP contribution in [0.1, 0.15) is 56.2 Å². The highest BCUT2D eigenvalue weighted by Crippen LogP contribution is 2.29. The van der Waals surface area contributed by atoms with E-state index in [1.165, 1.54) is 36.1 Å². The monoisotopic (exact) mass is 291 g/mol. The first-order valence-electron chi connectivity index (χ1n) is 7.76. The summed E-state index contributed by atoms with van der Waals surface area (Å²) < 4.78 is 0. The fourth-order valence-corrected chi connectivity index (χ4v) is 3.71. The van der Waals surface area contributed by atoms with Crippen molar-refractivity contribution in [2.45, 2.75) is 51.5 Å². The first-order chi connectivity index (χ1) is 9.81. The molecule has 1 aliphatic carbocycles. The van der Waals surface area contributed by atoms with Gasteiger partial charge in [0.25, 0.3) is 0 Å². The number of nitrogens with one attached hydrogen (secondary N) is 1. The van der Waals surface area contributed by atoms with E-state index < -0.39 is 0 Å². The van der Waals surface area contributed by atoms with Gasteiger partial charge >= 0.3 is 0 Å². The average molecular weight is 291 g/mol. The second kappa shape index (κ2) is 8.35. The zero-order valence-electron chi connectivity index (χ0n) is 12.4. The number of aryl methyl sites for hydroxylation is 1. The van der Waals surface area contributed by atoms with E-state index in [0.29, 0.717) is 6.42 Å². The molecule has 0 aliphatic heterocycles. The van der Waals surface area contributed by atoms with Crippen LogP contribution in [0, 0.1) is 0 Å². The van der Waals surface area contributed by atoms with Crippen LogP contribution in [0.4, 0.5) is 0 Å².